The van der Waals surface area contributed by atoms with Crippen molar-refractivity contribution < 1.29 is 0 Å². The average Bonchev–Trinajstić information content (AvgIpc) is 2.35. The molecular formula is C16H26N2. The van der Waals surface area contributed by atoms with Gasteiger partial charge in [-0.25, -0.2) is 0 Å². The number of hydrogen-bond donors (Lipinski definition) is 1. The van der Waals surface area contributed by atoms with Crippen LogP contribution in [0.4, 0.5) is 5.69 Å². The monoisotopic (exact) mass is 246 g/mol. The summed E-state index contributed by atoms with van der Waals surface area (Å²) in [5.41, 5.74) is 2.82. The van der Waals surface area contributed by atoms with E-state index in [1.54, 1.807) is 0 Å². The second-order valence-corrected chi connectivity index (χ2v) is 5.87. The highest BCUT2D eigenvalue weighted by Crippen LogP contribution is 2.33. The van der Waals surface area contributed by atoms with Gasteiger partial charge in [0.15, 0.2) is 0 Å². The third kappa shape index (κ3) is 2.69. The van der Waals surface area contributed by atoms with Crippen molar-refractivity contribution >= 4 is 5.69 Å². The zero-order valence-electron chi connectivity index (χ0n) is 12.1. The van der Waals surface area contributed by atoms with Crippen molar-refractivity contribution in [3.05, 3.63) is 29.8 Å². The third-order valence-corrected chi connectivity index (χ3v) is 4.27. The van der Waals surface area contributed by atoms with E-state index in [2.05, 4.69) is 55.3 Å². The molecule has 2 rings (SSSR count). The highest BCUT2D eigenvalue weighted by Gasteiger charge is 2.29. The van der Waals surface area contributed by atoms with Crippen LogP contribution < -0.4 is 10.2 Å². The van der Waals surface area contributed by atoms with Gasteiger partial charge in [-0.15, -0.1) is 0 Å². The van der Waals surface area contributed by atoms with Crippen LogP contribution in [-0.2, 0) is 6.54 Å². The van der Waals surface area contributed by atoms with E-state index in [0.29, 0.717) is 6.04 Å². The number of para-hydroxylation sites is 1. The maximum absolute atomic E-state index is 3.27. The zero-order chi connectivity index (χ0) is 13.1. The molecule has 2 heteroatoms. The maximum Gasteiger partial charge on any atom is 0.0414 e. The summed E-state index contributed by atoms with van der Waals surface area (Å²) >= 11 is 0. The van der Waals surface area contributed by atoms with Crippen molar-refractivity contribution in [2.75, 3.05) is 18.5 Å². The molecule has 1 aromatic rings. The smallest absolute Gasteiger partial charge is 0.0414 e. The summed E-state index contributed by atoms with van der Waals surface area (Å²) in [6.07, 6.45) is 1.35. The molecule has 100 valence electrons. The Kier molecular flexibility index (Phi) is 4.28. The molecule has 1 aliphatic heterocycles. The molecule has 1 saturated heterocycles. The van der Waals surface area contributed by atoms with Crippen LogP contribution in [0.3, 0.4) is 0 Å². The summed E-state index contributed by atoms with van der Waals surface area (Å²) in [5.74, 6) is 1.57. The van der Waals surface area contributed by atoms with Crippen LogP contribution in [0, 0.1) is 11.8 Å². The minimum Gasteiger partial charge on any atom is -0.368 e. The molecule has 0 amide bonds. The van der Waals surface area contributed by atoms with Gasteiger partial charge >= 0.3 is 0 Å². The Labute approximate surface area is 111 Å². The number of piperidine rings is 1. The van der Waals surface area contributed by atoms with E-state index in [9.17, 15) is 0 Å². The van der Waals surface area contributed by atoms with Crippen molar-refractivity contribution in [3.8, 4) is 0 Å². The van der Waals surface area contributed by atoms with E-state index < -0.39 is 0 Å². The Bertz CT molecular complexity index is 388. The van der Waals surface area contributed by atoms with Crippen LogP contribution in [0.2, 0.25) is 0 Å². The fourth-order valence-corrected chi connectivity index (χ4v) is 3.16. The molecule has 0 spiro atoms. The van der Waals surface area contributed by atoms with Gasteiger partial charge in [0.05, 0.1) is 0 Å². The Morgan fingerprint density at radius 2 is 1.94 bits per heavy atom. The van der Waals surface area contributed by atoms with E-state index in [4.69, 9.17) is 0 Å². The molecule has 3 unspecified atom stereocenters. The molecule has 0 aromatic heterocycles. The van der Waals surface area contributed by atoms with Gasteiger partial charge in [0.2, 0.25) is 0 Å². The second-order valence-electron chi connectivity index (χ2n) is 5.87. The molecule has 18 heavy (non-hydrogen) atoms. The fourth-order valence-electron chi connectivity index (χ4n) is 3.16. The molecule has 2 nitrogen and oxygen atoms in total. The van der Waals surface area contributed by atoms with Gasteiger partial charge < -0.3 is 10.2 Å². The maximum atomic E-state index is 3.27. The quantitative estimate of drug-likeness (QED) is 0.880. The lowest BCUT2D eigenvalue weighted by molar-refractivity contribution is 0.296. The number of nitrogens with one attached hydrogen (secondary N) is 1. The molecule has 3 atom stereocenters. The molecule has 0 aliphatic carbocycles. The van der Waals surface area contributed by atoms with E-state index in [-0.39, 0.29) is 0 Å². The molecule has 1 fully saturated rings. The molecule has 1 aliphatic rings. The Balaban J connectivity index is 2.28. The Morgan fingerprint density at radius 1 is 1.22 bits per heavy atom. The van der Waals surface area contributed by atoms with Crippen molar-refractivity contribution in [2.45, 2.75) is 39.8 Å². The second kappa shape index (κ2) is 5.75. The van der Waals surface area contributed by atoms with Crippen LogP contribution in [0.25, 0.3) is 0 Å². The van der Waals surface area contributed by atoms with Crippen LogP contribution in [0.5, 0.6) is 0 Å². The Morgan fingerprint density at radius 3 is 2.67 bits per heavy atom. The molecule has 0 saturated carbocycles. The standard InChI is InChI=1S/C16H26N2/c1-12-9-13(2)14(3)18(11-12)16-8-6-5-7-15(16)10-17-4/h5-8,12-14,17H,9-11H2,1-4H3. The third-order valence-electron chi connectivity index (χ3n) is 4.27. The van der Waals surface area contributed by atoms with Crippen molar-refractivity contribution in [1.82, 2.24) is 5.32 Å². The van der Waals surface area contributed by atoms with E-state index in [0.717, 1.165) is 18.4 Å². The van der Waals surface area contributed by atoms with Crippen LogP contribution >= 0.6 is 0 Å². The van der Waals surface area contributed by atoms with Gasteiger partial charge in [0.25, 0.3) is 0 Å². The minimum absolute atomic E-state index is 0.638. The highest BCUT2D eigenvalue weighted by atomic mass is 15.2. The lowest BCUT2D eigenvalue weighted by Crippen LogP contribution is -2.46. The predicted octanol–water partition coefficient (Wildman–Crippen LogP) is 3.28. The summed E-state index contributed by atoms with van der Waals surface area (Å²) < 4.78 is 0. The van der Waals surface area contributed by atoms with E-state index in [1.165, 1.54) is 24.2 Å². The average molecular weight is 246 g/mol. The van der Waals surface area contributed by atoms with Crippen LogP contribution in [0.15, 0.2) is 24.3 Å². The highest BCUT2D eigenvalue weighted by molar-refractivity contribution is 5.55. The lowest BCUT2D eigenvalue weighted by atomic mass is 9.85. The van der Waals surface area contributed by atoms with Crippen molar-refractivity contribution in [1.29, 1.82) is 0 Å². The first-order chi connectivity index (χ1) is 8.63. The summed E-state index contributed by atoms with van der Waals surface area (Å²) in [7, 11) is 2.02. The van der Waals surface area contributed by atoms with Crippen LogP contribution in [0.1, 0.15) is 32.8 Å². The summed E-state index contributed by atoms with van der Waals surface area (Å²) in [4.78, 5) is 2.60. The van der Waals surface area contributed by atoms with Gasteiger partial charge in [-0.2, -0.15) is 0 Å². The molecule has 1 N–H and O–H groups in total. The van der Waals surface area contributed by atoms with Gasteiger partial charge in [0.1, 0.15) is 0 Å². The van der Waals surface area contributed by atoms with Gasteiger partial charge in [-0.1, -0.05) is 32.0 Å². The van der Waals surface area contributed by atoms with Gasteiger partial charge in [-0.3, -0.25) is 0 Å². The van der Waals surface area contributed by atoms with Gasteiger partial charge in [-0.05, 0) is 43.9 Å². The number of nitrogens with zero attached hydrogens (tertiary/aromatic N) is 1. The summed E-state index contributed by atoms with van der Waals surface area (Å²) in [6.45, 7) is 9.26. The molecular weight excluding hydrogens is 220 g/mol. The molecule has 1 heterocycles. The molecule has 0 radical (unpaired) electrons. The number of anilines is 1. The van der Waals surface area contributed by atoms with E-state index in [1.807, 2.05) is 7.05 Å². The normalized spacial score (nSPS) is 28.4. The van der Waals surface area contributed by atoms with Crippen molar-refractivity contribution in [2.24, 2.45) is 11.8 Å². The van der Waals surface area contributed by atoms with Crippen LogP contribution in [-0.4, -0.2) is 19.6 Å². The van der Waals surface area contributed by atoms with E-state index >= 15 is 0 Å². The van der Waals surface area contributed by atoms with Crippen molar-refractivity contribution in [3.63, 3.8) is 0 Å². The lowest BCUT2D eigenvalue weighted by Gasteiger charge is -2.43. The van der Waals surface area contributed by atoms with Gasteiger partial charge in [0, 0.05) is 24.8 Å². The SMILES string of the molecule is CNCc1ccccc1N1CC(C)CC(C)C1C. The summed E-state index contributed by atoms with van der Waals surface area (Å²) in [5, 5.41) is 3.27. The first-order valence-corrected chi connectivity index (χ1v) is 7.12. The molecule has 0 bridgehead atoms. The minimum atomic E-state index is 0.638. The summed E-state index contributed by atoms with van der Waals surface area (Å²) in [6, 6.07) is 9.44. The first kappa shape index (κ1) is 13.4. The zero-order valence-corrected chi connectivity index (χ0v) is 12.1. The topological polar surface area (TPSA) is 15.3 Å². The number of rotatable bonds is 3. The largest absolute Gasteiger partial charge is 0.368 e. The molecule has 1 aromatic carbocycles. The fraction of sp³-hybridized carbons (Fsp3) is 0.625. The Hall–Kier alpha value is -1.02. The number of hydrogen-bond acceptors (Lipinski definition) is 2. The predicted molar refractivity (Wildman–Crippen MR) is 79.0 cm³/mol. The number of benzene rings is 1. The first-order valence-electron chi connectivity index (χ1n) is 7.12.